The molecule has 2 unspecified atom stereocenters. The summed E-state index contributed by atoms with van der Waals surface area (Å²) < 4.78 is 0. The van der Waals surface area contributed by atoms with E-state index in [-0.39, 0.29) is 6.42 Å². The van der Waals surface area contributed by atoms with E-state index in [9.17, 15) is 9.90 Å². The third kappa shape index (κ3) is 5.42. The summed E-state index contributed by atoms with van der Waals surface area (Å²) in [7, 11) is 0. The summed E-state index contributed by atoms with van der Waals surface area (Å²) in [5.41, 5.74) is 0.106. The van der Waals surface area contributed by atoms with Crippen LogP contribution in [0.1, 0.15) is 58.3 Å². The van der Waals surface area contributed by atoms with Gasteiger partial charge in [0, 0.05) is 36.7 Å². The second-order valence-corrected chi connectivity index (χ2v) is 8.35. The number of aliphatic carboxylic acids is 1. The number of hydrogen-bond acceptors (Lipinski definition) is 5. The van der Waals surface area contributed by atoms with Gasteiger partial charge in [-0.25, -0.2) is 0 Å². The van der Waals surface area contributed by atoms with Gasteiger partial charge in [-0.2, -0.15) is 0 Å². The molecule has 3 N–H and O–H groups in total. The number of carbonyl (C=O) groups is 1. The summed E-state index contributed by atoms with van der Waals surface area (Å²) in [4.78, 5) is 17.6. The summed E-state index contributed by atoms with van der Waals surface area (Å²) in [5, 5.41) is 23.2. The van der Waals surface area contributed by atoms with Crippen LogP contribution in [0.25, 0.3) is 0 Å². The van der Waals surface area contributed by atoms with Crippen molar-refractivity contribution in [2.45, 2.75) is 76.0 Å². The molecule has 1 aliphatic carbocycles. The van der Waals surface area contributed by atoms with Gasteiger partial charge < -0.3 is 15.5 Å². The second-order valence-electron chi connectivity index (χ2n) is 8.35. The Hall–Kier alpha value is -1.66. The Morgan fingerprint density at radius 1 is 1.30 bits per heavy atom. The molecule has 1 saturated heterocycles. The molecule has 0 aromatic carbocycles. The minimum atomic E-state index is -1.02. The van der Waals surface area contributed by atoms with Gasteiger partial charge in [-0.05, 0) is 63.1 Å². The molecule has 0 spiro atoms. The standard InChI is InChI=1S/C21H33N3O3/c1-2-3-16-8-13-24(15-19(16)23-17-6-11-22-12-7-17)18-4-9-21(27,10-5-18)14-20(25)26/h6-7,11-12,16,18-19,27H,2-5,8-10,13-15H2,1H3,(H,22,23)(H,25,26). The lowest BCUT2D eigenvalue weighted by molar-refractivity contribution is -0.144. The molecule has 1 saturated carbocycles. The lowest BCUT2D eigenvalue weighted by Crippen LogP contribution is -2.53. The van der Waals surface area contributed by atoms with E-state index in [0.29, 0.717) is 30.8 Å². The van der Waals surface area contributed by atoms with Gasteiger partial charge in [-0.1, -0.05) is 13.3 Å². The zero-order valence-electron chi connectivity index (χ0n) is 16.3. The summed E-state index contributed by atoms with van der Waals surface area (Å²) in [5.74, 6) is -0.232. The van der Waals surface area contributed by atoms with E-state index in [1.54, 1.807) is 0 Å². The highest BCUT2D eigenvalue weighted by Crippen LogP contribution is 2.35. The van der Waals surface area contributed by atoms with Crippen LogP contribution in [0.3, 0.4) is 0 Å². The SMILES string of the molecule is CCCC1CCN(C2CCC(O)(CC(=O)O)CC2)CC1Nc1ccncc1. The van der Waals surface area contributed by atoms with Crippen molar-refractivity contribution in [3.05, 3.63) is 24.5 Å². The van der Waals surface area contributed by atoms with Gasteiger partial charge in [0.1, 0.15) is 0 Å². The Labute approximate surface area is 162 Å². The van der Waals surface area contributed by atoms with Crippen LogP contribution in [-0.2, 0) is 4.79 Å². The van der Waals surface area contributed by atoms with Crippen molar-refractivity contribution >= 4 is 11.7 Å². The smallest absolute Gasteiger partial charge is 0.306 e. The van der Waals surface area contributed by atoms with Gasteiger partial charge in [0.05, 0.1) is 12.0 Å². The van der Waals surface area contributed by atoms with Crippen molar-refractivity contribution in [2.24, 2.45) is 5.92 Å². The molecular weight excluding hydrogens is 342 g/mol. The van der Waals surface area contributed by atoms with Gasteiger partial charge >= 0.3 is 5.97 Å². The normalized spacial score (nSPS) is 32.1. The Bertz CT molecular complexity index is 602. The van der Waals surface area contributed by atoms with Crippen LogP contribution >= 0.6 is 0 Å². The maximum Gasteiger partial charge on any atom is 0.306 e. The molecule has 2 atom stereocenters. The maximum absolute atomic E-state index is 11.0. The molecule has 3 rings (SSSR count). The fourth-order valence-corrected chi connectivity index (χ4v) is 4.86. The van der Waals surface area contributed by atoms with Crippen molar-refractivity contribution < 1.29 is 15.0 Å². The predicted molar refractivity (Wildman–Crippen MR) is 106 cm³/mol. The number of rotatable bonds is 7. The first-order valence-corrected chi connectivity index (χ1v) is 10.3. The van der Waals surface area contributed by atoms with Crippen LogP contribution in [-0.4, -0.2) is 56.8 Å². The van der Waals surface area contributed by atoms with Crippen LogP contribution in [0, 0.1) is 5.92 Å². The van der Waals surface area contributed by atoms with Gasteiger partial charge in [-0.15, -0.1) is 0 Å². The number of carboxylic acids is 1. The number of nitrogens with zero attached hydrogens (tertiary/aromatic N) is 2. The predicted octanol–water partition coefficient (Wildman–Crippen LogP) is 3.13. The van der Waals surface area contributed by atoms with E-state index in [0.717, 1.165) is 31.6 Å². The van der Waals surface area contributed by atoms with Crippen LogP contribution in [0.2, 0.25) is 0 Å². The van der Waals surface area contributed by atoms with Crippen LogP contribution in [0.4, 0.5) is 5.69 Å². The quantitative estimate of drug-likeness (QED) is 0.679. The number of nitrogens with one attached hydrogen (secondary N) is 1. The fourth-order valence-electron chi connectivity index (χ4n) is 4.86. The van der Waals surface area contributed by atoms with Gasteiger partial charge in [0.15, 0.2) is 0 Å². The average molecular weight is 376 g/mol. The Morgan fingerprint density at radius 2 is 2.00 bits per heavy atom. The molecule has 1 aliphatic heterocycles. The molecule has 2 aliphatic rings. The zero-order chi connectivity index (χ0) is 19.3. The number of anilines is 1. The topological polar surface area (TPSA) is 85.7 Å². The zero-order valence-corrected chi connectivity index (χ0v) is 16.3. The fraction of sp³-hybridized carbons (Fsp3) is 0.714. The highest BCUT2D eigenvalue weighted by atomic mass is 16.4. The Morgan fingerprint density at radius 3 is 2.63 bits per heavy atom. The summed E-state index contributed by atoms with van der Waals surface area (Å²) >= 11 is 0. The van der Waals surface area contributed by atoms with Crippen LogP contribution < -0.4 is 5.32 Å². The second kappa shape index (κ2) is 9.02. The molecule has 27 heavy (non-hydrogen) atoms. The molecule has 6 nitrogen and oxygen atoms in total. The van der Waals surface area contributed by atoms with Crippen LogP contribution in [0.15, 0.2) is 24.5 Å². The summed E-state index contributed by atoms with van der Waals surface area (Å²) in [6.07, 6.45) is 10.1. The number of aromatic nitrogens is 1. The Balaban J connectivity index is 1.60. The first-order chi connectivity index (χ1) is 13.0. The highest BCUT2D eigenvalue weighted by molar-refractivity contribution is 5.68. The third-order valence-electron chi connectivity index (χ3n) is 6.36. The van der Waals surface area contributed by atoms with Crippen molar-refractivity contribution in [1.82, 2.24) is 9.88 Å². The number of pyridine rings is 1. The summed E-state index contributed by atoms with van der Waals surface area (Å²) in [6, 6.07) is 4.91. The minimum Gasteiger partial charge on any atom is -0.481 e. The van der Waals surface area contributed by atoms with Crippen LogP contribution in [0.5, 0.6) is 0 Å². The molecule has 2 fully saturated rings. The van der Waals surface area contributed by atoms with Crippen molar-refractivity contribution in [1.29, 1.82) is 0 Å². The van der Waals surface area contributed by atoms with E-state index in [1.807, 2.05) is 24.5 Å². The number of likely N-dealkylation sites (tertiary alicyclic amines) is 1. The van der Waals surface area contributed by atoms with Gasteiger partial charge in [0.2, 0.25) is 0 Å². The van der Waals surface area contributed by atoms with Crippen molar-refractivity contribution in [2.75, 3.05) is 18.4 Å². The molecule has 1 aromatic rings. The molecule has 0 bridgehead atoms. The van der Waals surface area contributed by atoms with Crippen molar-refractivity contribution in [3.8, 4) is 0 Å². The first kappa shape index (κ1) is 20.1. The van der Waals surface area contributed by atoms with Gasteiger partial charge in [0.25, 0.3) is 0 Å². The number of aliphatic hydroxyl groups is 1. The maximum atomic E-state index is 11.0. The van der Waals surface area contributed by atoms with E-state index >= 15 is 0 Å². The molecule has 1 aromatic heterocycles. The van der Waals surface area contributed by atoms with E-state index in [2.05, 4.69) is 22.1 Å². The largest absolute Gasteiger partial charge is 0.481 e. The lowest BCUT2D eigenvalue weighted by Gasteiger charge is -2.46. The van der Waals surface area contributed by atoms with E-state index in [1.165, 1.54) is 19.3 Å². The average Bonchev–Trinajstić information content (AvgIpc) is 2.64. The molecule has 0 radical (unpaired) electrons. The Kier molecular flexibility index (Phi) is 6.71. The monoisotopic (exact) mass is 375 g/mol. The number of carboxylic acid groups (broad SMARTS) is 1. The molecule has 2 heterocycles. The molecule has 150 valence electrons. The minimum absolute atomic E-state index is 0.134. The third-order valence-corrected chi connectivity index (χ3v) is 6.36. The highest BCUT2D eigenvalue weighted by Gasteiger charge is 2.39. The van der Waals surface area contributed by atoms with Crippen molar-refractivity contribution in [3.63, 3.8) is 0 Å². The van der Waals surface area contributed by atoms with E-state index in [4.69, 9.17) is 5.11 Å². The van der Waals surface area contributed by atoms with E-state index < -0.39 is 11.6 Å². The van der Waals surface area contributed by atoms with Gasteiger partial charge in [-0.3, -0.25) is 14.7 Å². The molecule has 0 amide bonds. The molecular formula is C21H33N3O3. The number of hydrogen-bond donors (Lipinski definition) is 3. The summed E-state index contributed by atoms with van der Waals surface area (Å²) in [6.45, 7) is 4.36. The lowest BCUT2D eigenvalue weighted by atomic mass is 9.78. The molecule has 6 heteroatoms. The number of piperidine rings is 1. The first-order valence-electron chi connectivity index (χ1n) is 10.3.